The van der Waals surface area contributed by atoms with Crippen LogP contribution in [-0.4, -0.2) is 39.2 Å². The van der Waals surface area contributed by atoms with Gasteiger partial charge in [0.15, 0.2) is 0 Å². The van der Waals surface area contributed by atoms with Crippen molar-refractivity contribution in [3.05, 3.63) is 23.8 Å². The first-order valence-corrected chi connectivity index (χ1v) is 5.75. The predicted molar refractivity (Wildman–Crippen MR) is 64.0 cm³/mol. The Bertz CT molecular complexity index is 426. The minimum absolute atomic E-state index is 0.131. The molecule has 3 N–H and O–H groups in total. The zero-order valence-electron chi connectivity index (χ0n) is 9.90. The van der Waals surface area contributed by atoms with E-state index < -0.39 is 5.97 Å². The molecule has 0 spiro atoms. The third kappa shape index (κ3) is 2.50. The number of hydrogen-bond acceptors (Lipinski definition) is 4. The maximum absolute atomic E-state index is 10.7. The molecule has 0 bridgehead atoms. The smallest absolute Gasteiger partial charge is 0.0947 e. The molecule has 0 saturated carbocycles. The molecule has 5 nitrogen and oxygen atoms in total. The van der Waals surface area contributed by atoms with E-state index >= 15 is 0 Å². The topological polar surface area (TPSA) is 73.8 Å². The molecule has 1 aromatic carbocycles. The highest BCUT2D eigenvalue weighted by Gasteiger charge is 2.18. The third-order valence-corrected chi connectivity index (χ3v) is 3.22. The van der Waals surface area contributed by atoms with Crippen molar-refractivity contribution >= 4 is 17.3 Å². The summed E-state index contributed by atoms with van der Waals surface area (Å²) >= 11 is 0. The standard InChI is InChI=1S/C12H17N3O2/c1-14-4-6-15(7-5-14)11-3-2-9(12(16)17)8-10(11)13/h2-3,8H,4-7,13H2,1H3,(H,16,17). The molecule has 1 heterocycles. The normalized spacial score (nSPS) is 17.1. The summed E-state index contributed by atoms with van der Waals surface area (Å²) < 4.78 is 0. The summed E-state index contributed by atoms with van der Waals surface area (Å²) in [6, 6.07) is 4.78. The molecule has 5 heteroatoms. The summed E-state index contributed by atoms with van der Waals surface area (Å²) in [5.41, 5.74) is 7.44. The van der Waals surface area contributed by atoms with E-state index in [1.165, 1.54) is 11.0 Å². The Morgan fingerprint density at radius 3 is 2.59 bits per heavy atom. The molecule has 0 radical (unpaired) electrons. The maximum atomic E-state index is 10.7. The number of nitrogens with zero attached hydrogens (tertiary/aromatic N) is 1. The van der Waals surface area contributed by atoms with Crippen molar-refractivity contribution in [3.8, 4) is 0 Å². The molecule has 1 aliphatic rings. The number of piperazine rings is 1. The number of hydrogen-bond donors (Lipinski definition) is 2. The molecular formula is C12H17N3O2. The van der Waals surface area contributed by atoms with E-state index in [4.69, 9.17) is 5.73 Å². The van der Waals surface area contributed by atoms with Crippen LogP contribution in [0.15, 0.2) is 18.2 Å². The fraction of sp³-hybridized carbons (Fsp3) is 0.417. The second-order valence-electron chi connectivity index (χ2n) is 4.51. The van der Waals surface area contributed by atoms with Crippen LogP contribution in [-0.2, 0) is 0 Å². The number of nitrogens with one attached hydrogen (secondary N) is 1. The van der Waals surface area contributed by atoms with Crippen molar-refractivity contribution in [2.24, 2.45) is 0 Å². The molecule has 1 saturated heterocycles. The number of rotatable bonds is 2. The van der Waals surface area contributed by atoms with E-state index in [1.807, 2.05) is 0 Å². The van der Waals surface area contributed by atoms with E-state index in [0.29, 0.717) is 5.69 Å². The molecule has 2 rings (SSSR count). The summed E-state index contributed by atoms with van der Waals surface area (Å²) in [6.45, 7) is 4.03. The number of nitrogens with two attached hydrogens (primary N) is 1. The van der Waals surface area contributed by atoms with Crippen molar-refractivity contribution < 1.29 is 14.8 Å². The number of likely N-dealkylation sites (N-methyl/N-ethyl adjacent to an activating group) is 1. The van der Waals surface area contributed by atoms with Gasteiger partial charge in [-0.2, -0.15) is 0 Å². The first kappa shape index (κ1) is 11.7. The summed E-state index contributed by atoms with van der Waals surface area (Å²) in [5, 5.41) is 10.7. The molecule has 1 aliphatic heterocycles. The molecule has 1 aromatic rings. The van der Waals surface area contributed by atoms with E-state index in [2.05, 4.69) is 11.9 Å². The minimum atomic E-state index is -1.19. The van der Waals surface area contributed by atoms with Crippen molar-refractivity contribution in [3.63, 3.8) is 0 Å². The number of carboxylic acid groups (broad SMARTS) is 1. The average molecular weight is 235 g/mol. The Labute approximate surface area is 100 Å². The Balaban J connectivity index is 2.19. The third-order valence-electron chi connectivity index (χ3n) is 3.22. The van der Waals surface area contributed by atoms with Gasteiger partial charge >= 0.3 is 0 Å². The minimum Gasteiger partial charge on any atom is -0.545 e. The maximum Gasteiger partial charge on any atom is 0.0947 e. The zero-order chi connectivity index (χ0) is 12.4. The lowest BCUT2D eigenvalue weighted by Crippen LogP contribution is -3.12. The van der Waals surface area contributed by atoms with E-state index in [0.717, 1.165) is 31.9 Å². The van der Waals surface area contributed by atoms with Crippen molar-refractivity contribution in [2.45, 2.75) is 0 Å². The summed E-state index contributed by atoms with van der Waals surface area (Å²) in [5.74, 6) is -1.19. The SMILES string of the molecule is C[NH+]1CCN(c2ccc(C(=O)[O-])cc2N)CC1. The van der Waals surface area contributed by atoms with Crippen LogP contribution in [0.1, 0.15) is 10.4 Å². The predicted octanol–water partition coefficient (Wildman–Crippen LogP) is -2.03. The van der Waals surface area contributed by atoms with Crippen LogP contribution >= 0.6 is 0 Å². The molecule has 0 aliphatic carbocycles. The van der Waals surface area contributed by atoms with Crippen LogP contribution in [0, 0.1) is 0 Å². The van der Waals surface area contributed by atoms with Crippen molar-refractivity contribution in [1.82, 2.24) is 0 Å². The van der Waals surface area contributed by atoms with Gasteiger partial charge in [0.25, 0.3) is 0 Å². The molecule has 1 fully saturated rings. The summed E-state index contributed by atoms with van der Waals surface area (Å²) in [6.07, 6.45) is 0. The van der Waals surface area contributed by atoms with Gasteiger partial charge in [-0.15, -0.1) is 0 Å². The lowest BCUT2D eigenvalue weighted by molar-refractivity contribution is -0.880. The van der Waals surface area contributed by atoms with Gasteiger partial charge in [-0.25, -0.2) is 0 Å². The number of aromatic carboxylic acids is 1. The highest BCUT2D eigenvalue weighted by Crippen LogP contribution is 2.24. The molecular weight excluding hydrogens is 218 g/mol. The molecule has 0 amide bonds. The number of quaternary nitrogens is 1. The second kappa shape index (κ2) is 4.63. The Morgan fingerprint density at radius 1 is 1.41 bits per heavy atom. The van der Waals surface area contributed by atoms with Crippen molar-refractivity contribution in [1.29, 1.82) is 0 Å². The van der Waals surface area contributed by atoms with Crippen LogP contribution in [0.3, 0.4) is 0 Å². The van der Waals surface area contributed by atoms with Crippen LogP contribution in [0.2, 0.25) is 0 Å². The molecule has 0 atom stereocenters. The lowest BCUT2D eigenvalue weighted by atomic mass is 10.1. The fourth-order valence-electron chi connectivity index (χ4n) is 2.10. The summed E-state index contributed by atoms with van der Waals surface area (Å²) in [7, 11) is 2.17. The molecule has 0 aromatic heterocycles. The summed E-state index contributed by atoms with van der Waals surface area (Å²) in [4.78, 5) is 14.4. The Hall–Kier alpha value is -1.75. The fourth-order valence-corrected chi connectivity index (χ4v) is 2.10. The highest BCUT2D eigenvalue weighted by molar-refractivity contribution is 5.89. The highest BCUT2D eigenvalue weighted by atomic mass is 16.4. The van der Waals surface area contributed by atoms with Crippen molar-refractivity contribution in [2.75, 3.05) is 43.9 Å². The van der Waals surface area contributed by atoms with Gasteiger partial charge in [0.05, 0.1) is 50.6 Å². The quantitative estimate of drug-likeness (QED) is 0.580. The lowest BCUT2D eigenvalue weighted by Gasteiger charge is -2.32. The van der Waals surface area contributed by atoms with E-state index in [-0.39, 0.29) is 5.56 Å². The van der Waals surface area contributed by atoms with Crippen LogP contribution in [0.25, 0.3) is 0 Å². The Kier molecular flexibility index (Phi) is 3.19. The number of carboxylic acids is 1. The Morgan fingerprint density at radius 2 is 2.06 bits per heavy atom. The molecule has 17 heavy (non-hydrogen) atoms. The van der Waals surface area contributed by atoms with Gasteiger partial charge in [-0.1, -0.05) is 6.07 Å². The number of anilines is 2. The van der Waals surface area contributed by atoms with Gasteiger partial charge in [0.2, 0.25) is 0 Å². The van der Waals surface area contributed by atoms with Gasteiger partial charge in [-0.05, 0) is 17.7 Å². The van der Waals surface area contributed by atoms with Gasteiger partial charge in [0.1, 0.15) is 0 Å². The van der Waals surface area contributed by atoms with Crippen LogP contribution in [0.5, 0.6) is 0 Å². The zero-order valence-corrected chi connectivity index (χ0v) is 9.90. The van der Waals surface area contributed by atoms with Gasteiger partial charge < -0.3 is 25.4 Å². The van der Waals surface area contributed by atoms with Gasteiger partial charge in [0, 0.05) is 0 Å². The first-order chi connectivity index (χ1) is 8.08. The number of carbonyl (C=O) groups is 1. The number of carbonyl (C=O) groups excluding carboxylic acids is 1. The largest absolute Gasteiger partial charge is 0.545 e. The monoisotopic (exact) mass is 235 g/mol. The molecule has 0 unspecified atom stereocenters. The van der Waals surface area contributed by atoms with Crippen LogP contribution < -0.4 is 20.6 Å². The van der Waals surface area contributed by atoms with Crippen LogP contribution in [0.4, 0.5) is 11.4 Å². The van der Waals surface area contributed by atoms with E-state index in [1.54, 1.807) is 12.1 Å². The second-order valence-corrected chi connectivity index (χ2v) is 4.51. The first-order valence-electron chi connectivity index (χ1n) is 5.75. The number of benzene rings is 1. The van der Waals surface area contributed by atoms with Gasteiger partial charge in [-0.3, -0.25) is 0 Å². The van der Waals surface area contributed by atoms with E-state index in [9.17, 15) is 9.90 Å². The average Bonchev–Trinajstić information content (AvgIpc) is 2.30. The molecule has 92 valence electrons. The number of nitrogen functional groups attached to an aromatic ring is 1.